The summed E-state index contributed by atoms with van der Waals surface area (Å²) < 4.78 is 5.59. The zero-order valence-corrected chi connectivity index (χ0v) is 17.8. The number of ether oxygens (including phenoxy) is 1. The van der Waals surface area contributed by atoms with E-state index in [1.165, 1.54) is 5.56 Å². The quantitative estimate of drug-likeness (QED) is 0.415. The number of nitrogens with one attached hydrogen (secondary N) is 2. The number of nitriles is 1. The number of anilines is 1. The lowest BCUT2D eigenvalue weighted by Gasteiger charge is -2.09. The van der Waals surface area contributed by atoms with Crippen molar-refractivity contribution < 1.29 is 9.53 Å². The van der Waals surface area contributed by atoms with Crippen molar-refractivity contribution in [2.24, 2.45) is 0 Å². The number of para-hydroxylation sites is 2. The number of aromatic nitrogens is 2. The Hall–Kier alpha value is -4.37. The zero-order valence-electron chi connectivity index (χ0n) is 17.8. The fourth-order valence-corrected chi connectivity index (χ4v) is 3.23. The highest BCUT2D eigenvalue weighted by molar-refractivity contribution is 5.92. The van der Waals surface area contributed by atoms with Crippen molar-refractivity contribution in [1.82, 2.24) is 9.97 Å². The minimum atomic E-state index is -0.228. The highest BCUT2D eigenvalue weighted by Crippen LogP contribution is 2.21. The smallest absolute Gasteiger partial charge is 0.262 e. The molecule has 0 aliphatic carbocycles. The lowest BCUT2D eigenvalue weighted by Crippen LogP contribution is -2.20. The molecular weight excluding hydrogens is 400 g/mol. The molecular formula is C26H22N4O2. The number of benzene rings is 3. The average Bonchev–Trinajstić information content (AvgIpc) is 3.23. The van der Waals surface area contributed by atoms with Crippen molar-refractivity contribution in [1.29, 1.82) is 5.26 Å². The van der Waals surface area contributed by atoms with E-state index in [0.717, 1.165) is 27.8 Å². The van der Waals surface area contributed by atoms with Gasteiger partial charge in [0.25, 0.3) is 5.91 Å². The summed E-state index contributed by atoms with van der Waals surface area (Å²) in [5, 5.41) is 12.4. The molecule has 0 unspecified atom stereocenters. The number of nitrogens with zero attached hydrogens (tertiary/aromatic N) is 2. The first-order chi connectivity index (χ1) is 15.5. The van der Waals surface area contributed by atoms with Gasteiger partial charge in [0.15, 0.2) is 6.61 Å². The summed E-state index contributed by atoms with van der Waals surface area (Å²) in [7, 11) is 0. The number of amides is 1. The van der Waals surface area contributed by atoms with E-state index in [0.29, 0.717) is 17.1 Å². The topological polar surface area (TPSA) is 90.8 Å². The van der Waals surface area contributed by atoms with Gasteiger partial charge < -0.3 is 15.0 Å². The van der Waals surface area contributed by atoms with Crippen molar-refractivity contribution in [3.05, 3.63) is 89.2 Å². The molecule has 0 spiro atoms. The van der Waals surface area contributed by atoms with Crippen LogP contribution < -0.4 is 10.1 Å². The van der Waals surface area contributed by atoms with Gasteiger partial charge in [-0.05, 0) is 73.0 Å². The lowest BCUT2D eigenvalue weighted by atomic mass is 10.1. The number of allylic oxidation sites excluding steroid dienone is 1. The van der Waals surface area contributed by atoms with Crippen LogP contribution in [0.2, 0.25) is 0 Å². The summed E-state index contributed by atoms with van der Waals surface area (Å²) in [6.07, 6.45) is 1.76. The molecule has 0 saturated carbocycles. The highest BCUT2D eigenvalue weighted by atomic mass is 16.5. The molecule has 0 aliphatic rings. The molecule has 0 fully saturated rings. The maximum Gasteiger partial charge on any atom is 0.262 e. The Morgan fingerprint density at radius 3 is 2.59 bits per heavy atom. The van der Waals surface area contributed by atoms with Gasteiger partial charge in [0.2, 0.25) is 0 Å². The number of aryl methyl sites for hydroxylation is 2. The molecule has 0 saturated heterocycles. The maximum atomic E-state index is 12.2. The molecule has 0 aliphatic heterocycles. The summed E-state index contributed by atoms with van der Waals surface area (Å²) in [4.78, 5) is 19.8. The second kappa shape index (κ2) is 9.19. The Bertz CT molecular complexity index is 1310. The second-order valence-electron chi connectivity index (χ2n) is 7.48. The average molecular weight is 422 g/mol. The van der Waals surface area contributed by atoms with Crippen LogP contribution >= 0.6 is 0 Å². The van der Waals surface area contributed by atoms with Crippen LogP contribution in [0, 0.1) is 25.2 Å². The Labute approximate surface area is 186 Å². The van der Waals surface area contributed by atoms with Crippen LogP contribution in [0.1, 0.15) is 22.5 Å². The summed E-state index contributed by atoms with van der Waals surface area (Å²) in [6, 6.07) is 22.8. The molecule has 4 aromatic rings. The van der Waals surface area contributed by atoms with E-state index < -0.39 is 0 Å². The zero-order chi connectivity index (χ0) is 22.5. The van der Waals surface area contributed by atoms with E-state index in [1.807, 2.05) is 68.4 Å². The Morgan fingerprint density at radius 1 is 1.09 bits per heavy atom. The fraction of sp³-hybridized carbons (Fsp3) is 0.115. The van der Waals surface area contributed by atoms with E-state index in [9.17, 15) is 10.1 Å². The van der Waals surface area contributed by atoms with Crippen LogP contribution in [-0.2, 0) is 4.79 Å². The summed E-state index contributed by atoms with van der Waals surface area (Å²) in [5.74, 6) is 0.866. The van der Waals surface area contributed by atoms with Crippen molar-refractivity contribution in [3.63, 3.8) is 0 Å². The number of hydrogen-bond acceptors (Lipinski definition) is 4. The Kier molecular flexibility index (Phi) is 6.00. The van der Waals surface area contributed by atoms with Crippen LogP contribution in [0.25, 0.3) is 22.7 Å². The van der Waals surface area contributed by atoms with E-state index in [-0.39, 0.29) is 12.5 Å². The summed E-state index contributed by atoms with van der Waals surface area (Å²) >= 11 is 0. The van der Waals surface area contributed by atoms with Crippen molar-refractivity contribution in [3.8, 4) is 11.8 Å². The number of aromatic amines is 1. The molecule has 0 radical (unpaired) electrons. The van der Waals surface area contributed by atoms with Crippen LogP contribution in [0.3, 0.4) is 0 Å². The number of hydrogen-bond donors (Lipinski definition) is 2. The first kappa shape index (κ1) is 20.9. The van der Waals surface area contributed by atoms with Gasteiger partial charge in [-0.15, -0.1) is 0 Å². The number of H-pyrrole nitrogens is 1. The minimum Gasteiger partial charge on any atom is -0.484 e. The van der Waals surface area contributed by atoms with Gasteiger partial charge in [0, 0.05) is 5.69 Å². The van der Waals surface area contributed by atoms with E-state index in [1.54, 1.807) is 18.2 Å². The van der Waals surface area contributed by atoms with Gasteiger partial charge >= 0.3 is 0 Å². The molecule has 0 bridgehead atoms. The molecule has 1 aromatic heterocycles. The molecule has 0 atom stereocenters. The SMILES string of the molecule is Cc1ccc(NC(=O)COc2ccc(/C=C(\C#N)c3nc4ccccc4[nH]3)cc2)cc1C. The molecule has 6 heteroatoms. The minimum absolute atomic E-state index is 0.0927. The third-order valence-electron chi connectivity index (χ3n) is 5.12. The summed E-state index contributed by atoms with van der Waals surface area (Å²) in [6.45, 7) is 3.94. The highest BCUT2D eigenvalue weighted by Gasteiger charge is 2.08. The van der Waals surface area contributed by atoms with Gasteiger partial charge in [0.1, 0.15) is 17.6 Å². The predicted octanol–water partition coefficient (Wildman–Crippen LogP) is 5.26. The number of imidazole rings is 1. The first-order valence-electron chi connectivity index (χ1n) is 10.2. The maximum absolute atomic E-state index is 12.2. The van der Waals surface area contributed by atoms with Gasteiger partial charge in [-0.25, -0.2) is 4.98 Å². The van der Waals surface area contributed by atoms with Gasteiger partial charge in [-0.2, -0.15) is 5.26 Å². The molecule has 2 N–H and O–H groups in total. The Balaban J connectivity index is 1.39. The van der Waals surface area contributed by atoms with Crippen molar-refractivity contribution >= 4 is 34.3 Å². The molecule has 4 rings (SSSR count). The number of fused-ring (bicyclic) bond motifs is 1. The van der Waals surface area contributed by atoms with E-state index >= 15 is 0 Å². The molecule has 32 heavy (non-hydrogen) atoms. The van der Waals surface area contributed by atoms with Crippen LogP contribution in [0.5, 0.6) is 5.75 Å². The second-order valence-corrected chi connectivity index (χ2v) is 7.48. The number of carbonyl (C=O) groups excluding carboxylic acids is 1. The molecule has 158 valence electrons. The molecule has 1 heterocycles. The number of carbonyl (C=O) groups is 1. The molecule has 3 aromatic carbocycles. The predicted molar refractivity (Wildman–Crippen MR) is 126 cm³/mol. The monoisotopic (exact) mass is 422 g/mol. The van der Waals surface area contributed by atoms with Crippen molar-refractivity contribution in [2.45, 2.75) is 13.8 Å². The fourth-order valence-electron chi connectivity index (χ4n) is 3.23. The standard InChI is InChI=1S/C26H22N4O2/c1-17-7-10-21(13-18(17)2)28-25(31)16-32-22-11-8-19(9-12-22)14-20(15-27)26-29-23-5-3-4-6-24(23)30-26/h3-14H,16H2,1-2H3,(H,28,31)(H,29,30)/b20-14+. The normalized spacial score (nSPS) is 11.2. The number of rotatable bonds is 6. The lowest BCUT2D eigenvalue weighted by molar-refractivity contribution is -0.118. The third-order valence-corrected chi connectivity index (χ3v) is 5.12. The van der Waals surface area contributed by atoms with Gasteiger partial charge in [0.05, 0.1) is 16.6 Å². The Morgan fingerprint density at radius 2 is 1.88 bits per heavy atom. The third kappa shape index (κ3) is 4.85. The molecule has 1 amide bonds. The molecule has 6 nitrogen and oxygen atoms in total. The largest absolute Gasteiger partial charge is 0.484 e. The summed E-state index contributed by atoms with van der Waals surface area (Å²) in [5.41, 5.74) is 5.99. The van der Waals surface area contributed by atoms with E-state index in [4.69, 9.17) is 4.74 Å². The van der Waals surface area contributed by atoms with E-state index in [2.05, 4.69) is 21.4 Å². The van der Waals surface area contributed by atoms with Crippen molar-refractivity contribution in [2.75, 3.05) is 11.9 Å². The van der Waals surface area contributed by atoms with Gasteiger partial charge in [-0.1, -0.05) is 30.3 Å². The first-order valence-corrected chi connectivity index (χ1v) is 10.2. The van der Waals surface area contributed by atoms with Crippen LogP contribution in [-0.4, -0.2) is 22.5 Å². The van der Waals surface area contributed by atoms with Crippen LogP contribution in [0.15, 0.2) is 66.7 Å². The van der Waals surface area contributed by atoms with Crippen LogP contribution in [0.4, 0.5) is 5.69 Å². The van der Waals surface area contributed by atoms with Gasteiger partial charge in [-0.3, -0.25) is 4.79 Å².